The molecule has 0 saturated carbocycles. The minimum Gasteiger partial charge on any atom is -0.457 e. The van der Waals surface area contributed by atoms with E-state index in [1.165, 1.54) is 42.6 Å². The van der Waals surface area contributed by atoms with E-state index in [4.69, 9.17) is 21.1 Å². The van der Waals surface area contributed by atoms with Gasteiger partial charge >= 0.3 is 0 Å². The van der Waals surface area contributed by atoms with E-state index in [2.05, 4.69) is 10.4 Å². The average molecular weight is 448 g/mol. The predicted octanol–water partition coefficient (Wildman–Crippen LogP) is 4.79. The molecule has 1 N–H and O–H groups in total. The van der Waals surface area contributed by atoms with Gasteiger partial charge in [-0.1, -0.05) is 11.6 Å². The minimum absolute atomic E-state index is 0.0643. The van der Waals surface area contributed by atoms with Crippen LogP contribution >= 0.6 is 11.6 Å². The van der Waals surface area contributed by atoms with Crippen molar-refractivity contribution in [2.24, 2.45) is 5.92 Å². The Hall–Kier alpha value is -2.97. The molecule has 0 unspecified atom stereocenters. The van der Waals surface area contributed by atoms with E-state index < -0.39 is 17.2 Å². The largest absolute Gasteiger partial charge is 0.457 e. The van der Waals surface area contributed by atoms with Gasteiger partial charge < -0.3 is 14.8 Å². The molecule has 6 nitrogen and oxygen atoms in total. The monoisotopic (exact) mass is 447 g/mol. The molecule has 1 fully saturated rings. The highest BCUT2D eigenvalue weighted by Crippen LogP contribution is 2.25. The van der Waals surface area contributed by atoms with Gasteiger partial charge in [0.25, 0.3) is 5.56 Å². The van der Waals surface area contributed by atoms with Crippen LogP contribution in [0.2, 0.25) is 5.02 Å². The SMILES string of the molecule is O=c1c(Cl)c(NC[C@@H]2CCCOC2)cnn1-c1ccc(Oc2ccc(F)cc2)cc1F. The Bertz CT molecular complexity index is 1120. The van der Waals surface area contributed by atoms with E-state index in [-0.39, 0.29) is 16.5 Å². The van der Waals surface area contributed by atoms with Gasteiger partial charge in [-0.3, -0.25) is 4.79 Å². The zero-order chi connectivity index (χ0) is 21.8. The van der Waals surface area contributed by atoms with Crippen molar-refractivity contribution >= 4 is 17.3 Å². The fraction of sp³-hybridized carbons (Fsp3) is 0.273. The lowest BCUT2D eigenvalue weighted by molar-refractivity contribution is 0.0595. The second-order valence-electron chi connectivity index (χ2n) is 7.22. The summed E-state index contributed by atoms with van der Waals surface area (Å²) in [5.41, 5.74) is -0.312. The van der Waals surface area contributed by atoms with Gasteiger partial charge in [0.15, 0.2) is 5.82 Å². The number of nitrogens with zero attached hydrogens (tertiary/aromatic N) is 2. The predicted molar refractivity (Wildman–Crippen MR) is 113 cm³/mol. The maximum atomic E-state index is 14.7. The number of ether oxygens (including phenoxy) is 2. The van der Waals surface area contributed by atoms with Crippen molar-refractivity contribution in [3.63, 3.8) is 0 Å². The van der Waals surface area contributed by atoms with Crippen LogP contribution in [0.4, 0.5) is 14.5 Å². The molecule has 1 saturated heterocycles. The van der Waals surface area contributed by atoms with Crippen molar-refractivity contribution < 1.29 is 18.3 Å². The van der Waals surface area contributed by atoms with Crippen LogP contribution in [0.3, 0.4) is 0 Å². The quantitative estimate of drug-likeness (QED) is 0.588. The van der Waals surface area contributed by atoms with Crippen LogP contribution in [0.5, 0.6) is 11.5 Å². The number of nitrogens with one attached hydrogen (secondary N) is 1. The third-order valence-electron chi connectivity index (χ3n) is 4.95. The van der Waals surface area contributed by atoms with Crippen LogP contribution in [-0.4, -0.2) is 29.5 Å². The zero-order valence-electron chi connectivity index (χ0n) is 16.5. The molecular weight excluding hydrogens is 428 g/mol. The molecule has 2 heterocycles. The first-order valence-electron chi connectivity index (χ1n) is 9.84. The summed E-state index contributed by atoms with van der Waals surface area (Å²) in [5, 5.41) is 7.12. The Labute approximate surface area is 182 Å². The van der Waals surface area contributed by atoms with Crippen LogP contribution in [0.25, 0.3) is 5.69 Å². The van der Waals surface area contributed by atoms with Gasteiger partial charge in [0.05, 0.1) is 18.5 Å². The van der Waals surface area contributed by atoms with Crippen LogP contribution in [0.15, 0.2) is 53.5 Å². The fourth-order valence-electron chi connectivity index (χ4n) is 3.31. The molecule has 1 aliphatic heterocycles. The van der Waals surface area contributed by atoms with Crippen molar-refractivity contribution in [3.8, 4) is 17.2 Å². The van der Waals surface area contributed by atoms with Gasteiger partial charge in [0.2, 0.25) is 0 Å². The molecule has 4 rings (SSSR count). The van der Waals surface area contributed by atoms with Crippen LogP contribution in [-0.2, 0) is 4.74 Å². The van der Waals surface area contributed by atoms with Crippen LogP contribution < -0.4 is 15.6 Å². The second kappa shape index (κ2) is 9.45. The number of halogens is 3. The van der Waals surface area contributed by atoms with E-state index >= 15 is 0 Å². The molecule has 0 aliphatic carbocycles. The Kier molecular flexibility index (Phi) is 6.48. The van der Waals surface area contributed by atoms with Crippen molar-refractivity contribution in [1.29, 1.82) is 0 Å². The topological polar surface area (TPSA) is 65.4 Å². The van der Waals surface area contributed by atoms with E-state index in [0.717, 1.165) is 30.2 Å². The molecule has 0 bridgehead atoms. The molecule has 0 amide bonds. The number of benzene rings is 2. The maximum Gasteiger partial charge on any atom is 0.292 e. The van der Waals surface area contributed by atoms with Crippen LogP contribution in [0.1, 0.15) is 12.8 Å². The molecule has 9 heteroatoms. The Morgan fingerprint density at radius 1 is 1.19 bits per heavy atom. The Balaban J connectivity index is 1.51. The third-order valence-corrected chi connectivity index (χ3v) is 5.32. The summed E-state index contributed by atoms with van der Waals surface area (Å²) in [6.07, 6.45) is 3.43. The van der Waals surface area contributed by atoms with E-state index in [0.29, 0.717) is 30.5 Å². The summed E-state index contributed by atoms with van der Waals surface area (Å²) in [7, 11) is 0. The highest BCUT2D eigenvalue weighted by molar-refractivity contribution is 6.32. The second-order valence-corrected chi connectivity index (χ2v) is 7.60. The molecule has 1 atom stereocenters. The van der Waals surface area contributed by atoms with Gasteiger partial charge in [0.1, 0.15) is 28.0 Å². The molecule has 2 aromatic carbocycles. The standard InChI is InChI=1S/C22H20ClF2N3O3/c23-21-19(26-11-14-2-1-9-30-13-14)12-27-28(22(21)29)20-8-7-17(10-18(20)25)31-16-5-3-15(24)4-6-16/h3-8,10,12,14,26H,1-2,9,11,13H2/t14-/m0/s1. The van der Waals surface area contributed by atoms with Crippen LogP contribution in [0, 0.1) is 17.6 Å². The summed E-state index contributed by atoms with van der Waals surface area (Å²) in [6.45, 7) is 2.04. The van der Waals surface area contributed by atoms with Crippen molar-refractivity contribution in [2.45, 2.75) is 12.8 Å². The number of anilines is 1. The molecule has 0 radical (unpaired) electrons. The number of hydrogen-bond acceptors (Lipinski definition) is 5. The highest BCUT2D eigenvalue weighted by Gasteiger charge is 2.17. The smallest absolute Gasteiger partial charge is 0.292 e. The summed E-state index contributed by atoms with van der Waals surface area (Å²) in [5.74, 6) is -0.240. The molecule has 1 aliphatic rings. The van der Waals surface area contributed by atoms with Gasteiger partial charge in [-0.2, -0.15) is 9.78 Å². The summed E-state index contributed by atoms with van der Waals surface area (Å²) >= 11 is 6.22. The molecule has 1 aromatic heterocycles. The fourth-order valence-corrected chi connectivity index (χ4v) is 3.51. The summed E-state index contributed by atoms with van der Waals surface area (Å²) in [4.78, 5) is 12.7. The first-order valence-corrected chi connectivity index (χ1v) is 10.2. The molecule has 0 spiro atoms. The van der Waals surface area contributed by atoms with E-state index in [1.54, 1.807) is 0 Å². The number of aromatic nitrogens is 2. The third kappa shape index (κ3) is 5.03. The number of rotatable bonds is 6. The Morgan fingerprint density at radius 3 is 2.68 bits per heavy atom. The summed E-state index contributed by atoms with van der Waals surface area (Å²) in [6, 6.07) is 9.31. The van der Waals surface area contributed by atoms with Crippen molar-refractivity contribution in [2.75, 3.05) is 25.1 Å². The highest BCUT2D eigenvalue weighted by atomic mass is 35.5. The Morgan fingerprint density at radius 2 is 1.97 bits per heavy atom. The zero-order valence-corrected chi connectivity index (χ0v) is 17.2. The molecule has 3 aromatic rings. The first kappa shape index (κ1) is 21.3. The lowest BCUT2D eigenvalue weighted by atomic mass is 10.0. The van der Waals surface area contributed by atoms with E-state index in [1.807, 2.05) is 0 Å². The van der Waals surface area contributed by atoms with Gasteiger partial charge in [-0.15, -0.1) is 0 Å². The first-order chi connectivity index (χ1) is 15.0. The van der Waals surface area contributed by atoms with E-state index in [9.17, 15) is 13.6 Å². The molecule has 31 heavy (non-hydrogen) atoms. The lowest BCUT2D eigenvalue weighted by Crippen LogP contribution is -2.27. The van der Waals surface area contributed by atoms with Crippen molar-refractivity contribution in [1.82, 2.24) is 9.78 Å². The molecule has 162 valence electrons. The van der Waals surface area contributed by atoms with Gasteiger partial charge in [-0.25, -0.2) is 8.78 Å². The number of hydrogen-bond donors (Lipinski definition) is 1. The normalized spacial score (nSPS) is 16.2. The van der Waals surface area contributed by atoms with Crippen molar-refractivity contribution in [3.05, 3.63) is 75.7 Å². The average Bonchev–Trinajstić information content (AvgIpc) is 2.78. The minimum atomic E-state index is -0.717. The lowest BCUT2D eigenvalue weighted by Gasteiger charge is -2.22. The maximum absolute atomic E-state index is 14.7. The van der Waals surface area contributed by atoms with Gasteiger partial charge in [0, 0.05) is 19.2 Å². The summed E-state index contributed by atoms with van der Waals surface area (Å²) < 4.78 is 39.5. The van der Waals surface area contributed by atoms with Gasteiger partial charge in [-0.05, 0) is 55.2 Å². The molecular formula is C22H20ClF2N3O3.